The number of halogens is 5. The topological polar surface area (TPSA) is 200 Å². The largest absolute Gasteiger partial charge is 0.324 e. The van der Waals surface area contributed by atoms with E-state index in [0.29, 0.717) is 28.7 Å². The number of benzene rings is 5. The molecule has 14 nitrogen and oxygen atoms in total. The number of azo groups is 2. The van der Waals surface area contributed by atoms with Gasteiger partial charge in [0.1, 0.15) is 0 Å². The Labute approximate surface area is 380 Å². The zero-order valence-electron chi connectivity index (χ0n) is 32.7. The Morgan fingerprint density at radius 2 is 0.919 bits per heavy atom. The number of hydrogen-bond donors (Lipinski definition) is 4. The van der Waals surface area contributed by atoms with Crippen LogP contribution in [0, 0.1) is 0 Å². The molecule has 62 heavy (non-hydrogen) atoms. The van der Waals surface area contributed by atoms with Crippen LogP contribution in [0.1, 0.15) is 51.3 Å². The monoisotopic (exact) mass is 934 g/mol. The average molecular weight is 937 g/mol. The summed E-state index contributed by atoms with van der Waals surface area (Å²) in [4.78, 5) is 77.7. The minimum absolute atomic E-state index is 0.0770. The highest BCUT2D eigenvalue weighted by Gasteiger charge is 2.26. The molecule has 0 saturated carbocycles. The van der Waals surface area contributed by atoms with Gasteiger partial charge < -0.3 is 21.3 Å². The number of amides is 4. The second-order valence-electron chi connectivity index (χ2n) is 13.3. The molecule has 0 aliphatic carbocycles. The van der Waals surface area contributed by atoms with Crippen molar-refractivity contribution in [2.45, 2.75) is 43.6 Å². The lowest BCUT2D eigenvalue weighted by Crippen LogP contribution is -2.32. The van der Waals surface area contributed by atoms with Crippen molar-refractivity contribution in [2.24, 2.45) is 20.5 Å². The number of alkyl halides is 3. The van der Waals surface area contributed by atoms with Crippen molar-refractivity contribution in [3.05, 3.63) is 141 Å². The van der Waals surface area contributed by atoms with Crippen LogP contribution < -0.4 is 21.3 Å². The van der Waals surface area contributed by atoms with Gasteiger partial charge in [-0.3, -0.25) is 28.8 Å². The molecule has 4 amide bonds. The zero-order chi connectivity index (χ0) is 44.9. The van der Waals surface area contributed by atoms with Gasteiger partial charge in [0.05, 0.1) is 32.5 Å². The highest BCUT2D eigenvalue weighted by molar-refractivity contribution is 6.35. The van der Waals surface area contributed by atoms with Crippen molar-refractivity contribution < 1.29 is 28.8 Å². The first kappa shape index (κ1) is 47.0. The van der Waals surface area contributed by atoms with Gasteiger partial charge >= 0.3 is 0 Å². The van der Waals surface area contributed by atoms with Gasteiger partial charge in [-0.2, -0.15) is 20.5 Å². The molecule has 0 saturated heterocycles. The van der Waals surface area contributed by atoms with E-state index in [9.17, 15) is 28.8 Å². The summed E-state index contributed by atoms with van der Waals surface area (Å²) >= 11 is 30.5. The van der Waals surface area contributed by atoms with Gasteiger partial charge in [-0.25, -0.2) is 0 Å². The van der Waals surface area contributed by atoms with Gasteiger partial charge in [-0.1, -0.05) is 47.5 Å². The molecule has 19 heteroatoms. The summed E-state index contributed by atoms with van der Waals surface area (Å²) in [6.07, 6.45) is 0. The van der Waals surface area contributed by atoms with E-state index in [0.717, 1.165) is 25.0 Å². The van der Waals surface area contributed by atoms with Crippen molar-refractivity contribution in [2.75, 3.05) is 21.3 Å². The molecule has 0 bridgehead atoms. The number of carbonyl (C=O) groups is 6. The molecular weight excluding hydrogens is 902 g/mol. The normalized spacial score (nSPS) is 12.1. The molecule has 0 fully saturated rings. The third-order valence-electron chi connectivity index (χ3n) is 8.74. The second-order valence-corrected chi connectivity index (χ2v) is 15.0. The fourth-order valence-corrected chi connectivity index (χ4v) is 6.44. The molecule has 0 radical (unpaired) electrons. The van der Waals surface area contributed by atoms with Crippen LogP contribution in [0.4, 0.5) is 34.1 Å². The van der Waals surface area contributed by atoms with Crippen molar-refractivity contribution in [3.63, 3.8) is 0 Å². The van der Waals surface area contributed by atoms with Gasteiger partial charge in [0, 0.05) is 40.4 Å². The molecule has 318 valence electrons. The van der Waals surface area contributed by atoms with Gasteiger partial charge in [0.15, 0.2) is 11.6 Å². The van der Waals surface area contributed by atoms with E-state index < -0.39 is 47.3 Å². The number of Topliss-reactive ketones (excluding diaryl/α,β-unsaturated/α-hetero) is 2. The van der Waals surface area contributed by atoms with E-state index in [1.807, 2.05) is 0 Å². The maximum atomic E-state index is 13.3. The van der Waals surface area contributed by atoms with Crippen LogP contribution >= 0.6 is 58.0 Å². The van der Waals surface area contributed by atoms with Crippen LogP contribution in [0.25, 0.3) is 0 Å². The average Bonchev–Trinajstić information content (AvgIpc) is 3.25. The Kier molecular flexibility index (Phi) is 16.8. The van der Waals surface area contributed by atoms with E-state index in [4.69, 9.17) is 58.0 Å². The predicted molar refractivity (Wildman–Crippen MR) is 242 cm³/mol. The van der Waals surface area contributed by atoms with E-state index >= 15 is 0 Å². The Morgan fingerprint density at radius 3 is 1.32 bits per heavy atom. The minimum atomic E-state index is -1.59. The lowest BCUT2D eigenvalue weighted by Gasteiger charge is -2.15. The highest BCUT2D eigenvalue weighted by atomic mass is 35.5. The number of nitrogens with zero attached hydrogens (tertiary/aromatic N) is 4. The Morgan fingerprint density at radius 1 is 0.500 bits per heavy atom. The van der Waals surface area contributed by atoms with Crippen LogP contribution in [0.3, 0.4) is 0 Å². The molecule has 0 heterocycles. The first-order valence-electron chi connectivity index (χ1n) is 18.3. The Balaban J connectivity index is 1.24. The first-order chi connectivity index (χ1) is 29.7. The maximum absolute atomic E-state index is 13.3. The van der Waals surface area contributed by atoms with Crippen LogP contribution in [0.5, 0.6) is 0 Å². The van der Waals surface area contributed by atoms with E-state index in [2.05, 4.69) is 41.7 Å². The molecule has 0 spiro atoms. The number of ketones is 2. The number of rotatable bonds is 17. The molecule has 2 unspecified atom stereocenters. The van der Waals surface area contributed by atoms with Crippen molar-refractivity contribution in [1.82, 2.24) is 0 Å². The number of nitrogens with one attached hydrogen (secondary N) is 4. The molecule has 2 atom stereocenters. The predicted octanol–water partition coefficient (Wildman–Crippen LogP) is 11.1. The van der Waals surface area contributed by atoms with Gasteiger partial charge in [0.25, 0.3) is 23.6 Å². The summed E-state index contributed by atoms with van der Waals surface area (Å²) < 4.78 is 0. The summed E-state index contributed by atoms with van der Waals surface area (Å²) in [6.45, 7) is 2.33. The number of hydrogen-bond acceptors (Lipinski definition) is 10. The number of anilines is 4. The molecule has 5 rings (SSSR count). The van der Waals surface area contributed by atoms with Crippen molar-refractivity contribution >= 4 is 127 Å². The molecule has 0 aromatic heterocycles. The molecular formula is C43H35Cl5N8O6. The van der Waals surface area contributed by atoms with Gasteiger partial charge in [-0.05, 0) is 109 Å². The summed E-state index contributed by atoms with van der Waals surface area (Å²) in [5.41, 5.74) is 3.95. The molecule has 4 N–H and O–H groups in total. The number of carbonyl (C=O) groups excluding carboxylic acids is 6. The maximum Gasteiger partial charge on any atom is 0.258 e. The van der Waals surface area contributed by atoms with E-state index in [-0.39, 0.29) is 49.8 Å². The Bertz CT molecular complexity index is 2570. The van der Waals surface area contributed by atoms with Crippen LogP contribution in [-0.2, 0) is 36.8 Å². The standard InChI is InChI=1S/C43H35Cl5N8O6/c1-23(57)38(55-53-31-11-14-35(47)33(18-31)40(59)49-28-7-3-25(20-44)4-8-28)42(61)51-30-13-16-37(27(17-30)22-46)52-43(62)39(24(2)58)56-54-32-12-15-36(48)34(19-32)41(60)50-29-9-5-26(21-45)6-10-29/h3-19,38-39H,20-22H2,1-2H3,(H,49,59)(H,50,60)(H,51,61)(H,52,62). The van der Waals surface area contributed by atoms with E-state index in [1.165, 1.54) is 54.6 Å². The van der Waals surface area contributed by atoms with Crippen LogP contribution in [0.2, 0.25) is 10.0 Å². The third kappa shape index (κ3) is 12.8. The highest BCUT2D eigenvalue weighted by Crippen LogP contribution is 2.28. The van der Waals surface area contributed by atoms with Gasteiger partial charge in [-0.15, -0.1) is 34.8 Å². The third-order valence-corrected chi connectivity index (χ3v) is 10.3. The van der Waals surface area contributed by atoms with Crippen molar-refractivity contribution in [1.29, 1.82) is 0 Å². The first-order valence-corrected chi connectivity index (χ1v) is 20.7. The van der Waals surface area contributed by atoms with E-state index in [1.54, 1.807) is 48.5 Å². The summed E-state index contributed by atoms with van der Waals surface area (Å²) in [7, 11) is 0. The Hall–Kier alpha value is -6.03. The fraction of sp³-hybridized carbons (Fsp3) is 0.163. The SMILES string of the molecule is CC(=O)C(N=Nc1ccc(Cl)c(C(=O)Nc2ccc(CCl)cc2)c1)C(=O)Nc1ccc(NC(=O)C(N=Nc2ccc(Cl)c(C(=O)Nc3ccc(CCl)cc3)c2)C(C)=O)c(CCl)c1. The second kappa shape index (κ2) is 22.2. The zero-order valence-corrected chi connectivity index (χ0v) is 36.5. The van der Waals surface area contributed by atoms with Crippen LogP contribution in [-0.4, -0.2) is 47.3 Å². The summed E-state index contributed by atoms with van der Waals surface area (Å²) in [6, 6.07) is 23.5. The molecule has 5 aromatic rings. The lowest BCUT2D eigenvalue weighted by atomic mass is 10.1. The smallest absolute Gasteiger partial charge is 0.258 e. The molecule has 0 aliphatic heterocycles. The summed E-state index contributed by atoms with van der Waals surface area (Å²) in [5.74, 6) is -3.48. The lowest BCUT2D eigenvalue weighted by molar-refractivity contribution is -0.127. The fourth-order valence-electron chi connectivity index (χ4n) is 5.45. The molecule has 5 aromatic carbocycles. The van der Waals surface area contributed by atoms with Crippen LogP contribution in [0.15, 0.2) is 124 Å². The summed E-state index contributed by atoms with van der Waals surface area (Å²) in [5, 5.41) is 26.9. The van der Waals surface area contributed by atoms with Crippen molar-refractivity contribution in [3.8, 4) is 0 Å². The minimum Gasteiger partial charge on any atom is -0.324 e. The van der Waals surface area contributed by atoms with Gasteiger partial charge in [0.2, 0.25) is 12.1 Å². The quantitative estimate of drug-likeness (QED) is 0.0406. The molecule has 0 aliphatic rings.